The highest BCUT2D eigenvalue weighted by atomic mass is 32.1. The van der Waals surface area contributed by atoms with Crippen LogP contribution >= 0.6 is 11.3 Å². The van der Waals surface area contributed by atoms with Crippen molar-refractivity contribution in [1.82, 2.24) is 10.3 Å². The van der Waals surface area contributed by atoms with E-state index in [1.165, 1.54) is 18.3 Å². The van der Waals surface area contributed by atoms with Crippen molar-refractivity contribution in [2.45, 2.75) is 38.6 Å². The van der Waals surface area contributed by atoms with Crippen molar-refractivity contribution >= 4 is 34.3 Å². The van der Waals surface area contributed by atoms with E-state index in [1.54, 1.807) is 5.38 Å². The molecule has 3 N–H and O–H groups in total. The van der Waals surface area contributed by atoms with Crippen LogP contribution in [0.4, 0.5) is 5.13 Å². The molecule has 1 fully saturated rings. The largest absolute Gasteiger partial charge is 0.481 e. The maximum atomic E-state index is 12.1. The highest BCUT2D eigenvalue weighted by Gasteiger charge is 2.28. The van der Waals surface area contributed by atoms with Gasteiger partial charge in [0.05, 0.1) is 5.92 Å². The van der Waals surface area contributed by atoms with E-state index in [0.717, 1.165) is 12.8 Å². The van der Waals surface area contributed by atoms with E-state index in [2.05, 4.69) is 15.6 Å². The standard InChI is InChI=1S/C13H17N3O4S/c1-7(17)14-13-16-10(6-21-13)11(18)15-9-4-2-3-8(5-9)12(19)20/h6,8-9H,2-5H2,1H3,(H,15,18)(H,19,20)(H,14,16,17). The molecule has 1 aromatic rings. The predicted molar refractivity (Wildman–Crippen MR) is 77.3 cm³/mol. The highest BCUT2D eigenvalue weighted by molar-refractivity contribution is 7.14. The van der Waals surface area contributed by atoms with Crippen LogP contribution in [0.25, 0.3) is 0 Å². The van der Waals surface area contributed by atoms with Crippen LogP contribution in [0.3, 0.4) is 0 Å². The minimum atomic E-state index is -0.810. The van der Waals surface area contributed by atoms with Gasteiger partial charge in [-0.15, -0.1) is 11.3 Å². The SMILES string of the molecule is CC(=O)Nc1nc(C(=O)NC2CCCC(C(=O)O)C2)cs1. The lowest BCUT2D eigenvalue weighted by atomic mass is 9.86. The molecule has 8 heteroatoms. The average Bonchev–Trinajstić information content (AvgIpc) is 2.86. The Labute approximate surface area is 125 Å². The normalized spacial score (nSPS) is 21.6. The molecule has 1 aliphatic rings. The molecule has 0 saturated heterocycles. The molecular formula is C13H17N3O4S. The Kier molecular flexibility index (Phi) is 4.89. The first-order valence-corrected chi connectivity index (χ1v) is 7.60. The van der Waals surface area contributed by atoms with Gasteiger partial charge in [-0.25, -0.2) is 4.98 Å². The van der Waals surface area contributed by atoms with E-state index in [9.17, 15) is 14.4 Å². The molecule has 1 saturated carbocycles. The van der Waals surface area contributed by atoms with Crippen LogP contribution in [0.1, 0.15) is 43.1 Å². The number of thiazole rings is 1. The fourth-order valence-electron chi connectivity index (χ4n) is 2.39. The second-order valence-corrected chi connectivity index (χ2v) is 5.95. The van der Waals surface area contributed by atoms with E-state index in [-0.39, 0.29) is 23.6 Å². The molecular weight excluding hydrogens is 294 g/mol. The zero-order chi connectivity index (χ0) is 15.4. The van der Waals surface area contributed by atoms with E-state index < -0.39 is 11.9 Å². The van der Waals surface area contributed by atoms with Gasteiger partial charge in [-0.3, -0.25) is 14.4 Å². The summed E-state index contributed by atoms with van der Waals surface area (Å²) in [7, 11) is 0. The lowest BCUT2D eigenvalue weighted by Gasteiger charge is -2.27. The van der Waals surface area contributed by atoms with Gasteiger partial charge < -0.3 is 15.7 Å². The zero-order valence-electron chi connectivity index (χ0n) is 11.6. The lowest BCUT2D eigenvalue weighted by molar-refractivity contribution is -0.143. The van der Waals surface area contributed by atoms with Crippen LogP contribution in [0.2, 0.25) is 0 Å². The van der Waals surface area contributed by atoms with Crippen molar-refractivity contribution in [3.8, 4) is 0 Å². The quantitative estimate of drug-likeness (QED) is 0.780. The Bertz CT molecular complexity index is 557. The molecule has 0 bridgehead atoms. The zero-order valence-corrected chi connectivity index (χ0v) is 12.4. The van der Waals surface area contributed by atoms with E-state index in [1.807, 2.05) is 0 Å². The number of anilines is 1. The first-order valence-electron chi connectivity index (χ1n) is 6.72. The van der Waals surface area contributed by atoms with Gasteiger partial charge in [-0.1, -0.05) is 6.42 Å². The van der Waals surface area contributed by atoms with Crippen LogP contribution in [-0.4, -0.2) is 33.9 Å². The molecule has 0 spiro atoms. The third-order valence-electron chi connectivity index (χ3n) is 3.38. The minimum absolute atomic E-state index is 0.140. The molecule has 21 heavy (non-hydrogen) atoms. The second kappa shape index (κ2) is 6.66. The van der Waals surface area contributed by atoms with Crippen LogP contribution < -0.4 is 10.6 Å². The van der Waals surface area contributed by atoms with E-state index >= 15 is 0 Å². The topological polar surface area (TPSA) is 108 Å². The number of hydrogen-bond acceptors (Lipinski definition) is 5. The Morgan fingerprint density at radius 3 is 2.81 bits per heavy atom. The summed E-state index contributed by atoms with van der Waals surface area (Å²) in [5.74, 6) is -1.78. The second-order valence-electron chi connectivity index (χ2n) is 5.09. The number of hydrogen-bond donors (Lipinski definition) is 3. The Morgan fingerprint density at radius 2 is 2.14 bits per heavy atom. The number of carboxylic acid groups (broad SMARTS) is 1. The number of nitrogens with one attached hydrogen (secondary N) is 2. The van der Waals surface area contributed by atoms with Gasteiger partial charge in [0.15, 0.2) is 5.13 Å². The molecule has 1 aliphatic carbocycles. The predicted octanol–water partition coefficient (Wildman–Crippen LogP) is 1.47. The fraction of sp³-hybridized carbons (Fsp3) is 0.538. The summed E-state index contributed by atoms with van der Waals surface area (Å²) in [6.45, 7) is 1.37. The van der Waals surface area contributed by atoms with Gasteiger partial charge in [-0.05, 0) is 19.3 Å². The van der Waals surface area contributed by atoms with E-state index in [0.29, 0.717) is 18.0 Å². The fourth-order valence-corrected chi connectivity index (χ4v) is 3.13. The molecule has 2 rings (SSSR count). The maximum Gasteiger partial charge on any atom is 0.306 e. The monoisotopic (exact) mass is 311 g/mol. The molecule has 1 aromatic heterocycles. The summed E-state index contributed by atoms with van der Waals surface area (Å²) < 4.78 is 0. The van der Waals surface area contributed by atoms with Gasteiger partial charge in [-0.2, -0.15) is 0 Å². The Hall–Kier alpha value is -1.96. The summed E-state index contributed by atoms with van der Waals surface area (Å²) in [4.78, 5) is 38.0. The average molecular weight is 311 g/mol. The van der Waals surface area contributed by atoms with Crippen LogP contribution in [0.15, 0.2) is 5.38 Å². The number of rotatable bonds is 4. The molecule has 1 heterocycles. The number of nitrogens with zero attached hydrogens (tertiary/aromatic N) is 1. The molecule has 114 valence electrons. The van der Waals surface area contributed by atoms with Gasteiger partial charge in [0, 0.05) is 18.3 Å². The van der Waals surface area contributed by atoms with Gasteiger partial charge in [0.25, 0.3) is 5.91 Å². The summed E-state index contributed by atoms with van der Waals surface area (Å²) >= 11 is 1.18. The van der Waals surface area contributed by atoms with E-state index in [4.69, 9.17) is 5.11 Å². The Morgan fingerprint density at radius 1 is 1.38 bits per heavy atom. The Balaban J connectivity index is 1.93. The number of aliphatic carboxylic acids is 1. The smallest absolute Gasteiger partial charge is 0.306 e. The molecule has 2 unspecified atom stereocenters. The summed E-state index contributed by atoms with van der Waals surface area (Å²) in [5.41, 5.74) is 0.237. The number of carbonyl (C=O) groups is 3. The first kappa shape index (κ1) is 15.4. The number of aromatic nitrogens is 1. The number of amides is 2. The van der Waals surface area contributed by atoms with Crippen molar-refractivity contribution in [2.75, 3.05) is 5.32 Å². The third-order valence-corrected chi connectivity index (χ3v) is 4.14. The van der Waals surface area contributed by atoms with Crippen molar-refractivity contribution in [1.29, 1.82) is 0 Å². The summed E-state index contributed by atoms with van der Waals surface area (Å²) in [6.07, 6.45) is 2.67. The molecule has 7 nitrogen and oxygen atoms in total. The minimum Gasteiger partial charge on any atom is -0.481 e. The molecule has 0 aromatic carbocycles. The molecule has 2 amide bonds. The lowest BCUT2D eigenvalue weighted by Crippen LogP contribution is -2.40. The van der Waals surface area contributed by atoms with Crippen molar-refractivity contribution in [3.05, 3.63) is 11.1 Å². The van der Waals surface area contributed by atoms with Crippen molar-refractivity contribution < 1.29 is 19.5 Å². The van der Waals surface area contributed by atoms with Crippen LogP contribution in [0.5, 0.6) is 0 Å². The molecule has 0 radical (unpaired) electrons. The third kappa shape index (κ3) is 4.25. The summed E-state index contributed by atoms with van der Waals surface area (Å²) in [5, 5.41) is 16.3. The van der Waals surface area contributed by atoms with Crippen molar-refractivity contribution in [3.63, 3.8) is 0 Å². The summed E-state index contributed by atoms with van der Waals surface area (Å²) in [6, 6.07) is -0.140. The maximum absolute atomic E-state index is 12.1. The highest BCUT2D eigenvalue weighted by Crippen LogP contribution is 2.25. The number of carboxylic acids is 1. The van der Waals surface area contributed by atoms with Gasteiger partial charge >= 0.3 is 5.97 Å². The van der Waals surface area contributed by atoms with Crippen molar-refractivity contribution in [2.24, 2.45) is 5.92 Å². The van der Waals surface area contributed by atoms with Gasteiger partial charge in [0.2, 0.25) is 5.91 Å². The van der Waals surface area contributed by atoms with Gasteiger partial charge in [0.1, 0.15) is 5.69 Å². The molecule has 0 aliphatic heterocycles. The van der Waals surface area contributed by atoms with Crippen LogP contribution in [0, 0.1) is 5.92 Å². The van der Waals surface area contributed by atoms with Crippen LogP contribution in [-0.2, 0) is 9.59 Å². The molecule has 2 atom stereocenters. The number of carbonyl (C=O) groups excluding carboxylic acids is 2. The first-order chi connectivity index (χ1) is 9.95.